The molecule has 1 aromatic heterocycles. The fraction of sp³-hybridized carbons (Fsp3) is 0.474. The minimum atomic E-state index is -0.0631. The fourth-order valence-electron chi connectivity index (χ4n) is 3.14. The third-order valence-corrected chi connectivity index (χ3v) is 4.24. The van der Waals surface area contributed by atoms with Crippen molar-refractivity contribution in [2.45, 2.75) is 51.7 Å². The number of ether oxygens (including phenoxy) is 2. The van der Waals surface area contributed by atoms with Gasteiger partial charge in [-0.15, -0.1) is 0 Å². The Morgan fingerprint density at radius 2 is 2.12 bits per heavy atom. The molecule has 6 heteroatoms. The molecule has 25 heavy (non-hydrogen) atoms. The molecule has 2 atom stereocenters. The Labute approximate surface area is 147 Å². The van der Waals surface area contributed by atoms with Crippen molar-refractivity contribution in [3.05, 3.63) is 41.8 Å². The Hall–Kier alpha value is -2.50. The average molecular weight is 344 g/mol. The molecule has 3 rings (SSSR count). The molecule has 134 valence electrons. The normalized spacial score (nSPS) is 19.6. The molecule has 1 aliphatic rings. The van der Waals surface area contributed by atoms with Gasteiger partial charge in [-0.3, -0.25) is 4.79 Å². The number of amides is 1. The molecule has 1 amide bonds. The Balaban J connectivity index is 1.60. The van der Waals surface area contributed by atoms with Gasteiger partial charge >= 0.3 is 0 Å². The molecule has 1 fully saturated rings. The Bertz CT molecular complexity index is 713. The van der Waals surface area contributed by atoms with E-state index >= 15 is 0 Å². The van der Waals surface area contributed by atoms with E-state index in [-0.39, 0.29) is 24.5 Å². The summed E-state index contributed by atoms with van der Waals surface area (Å²) in [6, 6.07) is 9.42. The van der Waals surface area contributed by atoms with Crippen molar-refractivity contribution in [1.82, 2.24) is 10.5 Å². The van der Waals surface area contributed by atoms with Gasteiger partial charge in [0.2, 0.25) is 5.91 Å². The number of nitrogens with zero attached hydrogens (tertiary/aromatic N) is 1. The Morgan fingerprint density at radius 1 is 1.32 bits per heavy atom. The molecular formula is C19H24N2O4. The summed E-state index contributed by atoms with van der Waals surface area (Å²) in [5.41, 5.74) is 0.646. The van der Waals surface area contributed by atoms with Gasteiger partial charge in [-0.05, 0) is 45.2 Å². The second kappa shape index (κ2) is 8.05. The zero-order valence-corrected chi connectivity index (χ0v) is 14.7. The van der Waals surface area contributed by atoms with Crippen molar-refractivity contribution in [3.63, 3.8) is 0 Å². The first-order chi connectivity index (χ1) is 12.2. The number of carbonyl (C=O) groups is 1. The zero-order valence-electron chi connectivity index (χ0n) is 14.7. The van der Waals surface area contributed by atoms with Gasteiger partial charge in [0.1, 0.15) is 11.9 Å². The summed E-state index contributed by atoms with van der Waals surface area (Å²) >= 11 is 0. The summed E-state index contributed by atoms with van der Waals surface area (Å²) in [4.78, 5) is 12.3. The van der Waals surface area contributed by atoms with Gasteiger partial charge in [0.15, 0.2) is 11.5 Å². The van der Waals surface area contributed by atoms with E-state index < -0.39 is 0 Å². The monoisotopic (exact) mass is 344 g/mol. The third-order valence-electron chi connectivity index (χ3n) is 4.24. The van der Waals surface area contributed by atoms with E-state index in [4.69, 9.17) is 14.0 Å². The zero-order chi connectivity index (χ0) is 17.6. The molecule has 1 heterocycles. The van der Waals surface area contributed by atoms with Crippen LogP contribution in [-0.2, 0) is 11.2 Å². The molecule has 1 N–H and O–H groups in total. The minimum absolute atomic E-state index is 0.00446. The van der Waals surface area contributed by atoms with Gasteiger partial charge in [-0.2, -0.15) is 0 Å². The van der Waals surface area contributed by atoms with Crippen LogP contribution in [0, 0.1) is 6.92 Å². The highest BCUT2D eigenvalue weighted by molar-refractivity contribution is 5.78. The first-order valence-corrected chi connectivity index (χ1v) is 8.75. The lowest BCUT2D eigenvalue weighted by Gasteiger charge is -2.23. The number of rotatable bonds is 7. The first-order valence-electron chi connectivity index (χ1n) is 8.75. The van der Waals surface area contributed by atoms with Crippen molar-refractivity contribution in [3.8, 4) is 11.5 Å². The topological polar surface area (TPSA) is 73.6 Å². The fourth-order valence-corrected chi connectivity index (χ4v) is 3.14. The van der Waals surface area contributed by atoms with Gasteiger partial charge in [-0.1, -0.05) is 17.3 Å². The number of para-hydroxylation sites is 2. The van der Waals surface area contributed by atoms with Crippen LogP contribution in [0.2, 0.25) is 0 Å². The number of aryl methyl sites for hydroxylation is 1. The summed E-state index contributed by atoms with van der Waals surface area (Å²) in [5.74, 6) is 2.10. The first kappa shape index (κ1) is 17.3. The SMILES string of the molecule is CCOc1ccccc1O[C@H]1CCC[C@H]1NC(=O)Cc1cc(C)on1. The quantitative estimate of drug-likeness (QED) is 0.836. The van der Waals surface area contributed by atoms with E-state index in [1.807, 2.05) is 38.1 Å². The standard InChI is InChI=1S/C19H24N2O4/c1-3-23-17-8-4-5-9-18(17)24-16-10-6-7-15(16)20-19(22)12-14-11-13(2)25-21-14/h4-5,8-9,11,15-16H,3,6-7,10,12H2,1-2H3,(H,20,22)/t15-,16+/m1/s1. The van der Waals surface area contributed by atoms with Crippen LogP contribution in [0.1, 0.15) is 37.6 Å². The summed E-state index contributed by atoms with van der Waals surface area (Å²) in [6.07, 6.45) is 3.01. The smallest absolute Gasteiger partial charge is 0.226 e. The molecule has 1 aliphatic carbocycles. The van der Waals surface area contributed by atoms with Gasteiger partial charge < -0.3 is 19.3 Å². The maximum atomic E-state index is 12.3. The van der Waals surface area contributed by atoms with Crippen LogP contribution >= 0.6 is 0 Å². The van der Waals surface area contributed by atoms with E-state index in [1.165, 1.54) is 0 Å². The average Bonchev–Trinajstić information content (AvgIpc) is 3.19. The van der Waals surface area contributed by atoms with Gasteiger partial charge in [0.05, 0.1) is 24.8 Å². The molecule has 0 unspecified atom stereocenters. The molecule has 0 spiro atoms. The molecule has 1 saturated carbocycles. The lowest BCUT2D eigenvalue weighted by Crippen LogP contribution is -2.43. The number of hydrogen-bond donors (Lipinski definition) is 1. The van der Waals surface area contributed by atoms with Crippen LogP contribution in [-0.4, -0.2) is 29.8 Å². The summed E-state index contributed by atoms with van der Waals surface area (Å²) in [5, 5.41) is 6.94. The minimum Gasteiger partial charge on any atom is -0.490 e. The summed E-state index contributed by atoms with van der Waals surface area (Å²) in [7, 11) is 0. The number of hydrogen-bond acceptors (Lipinski definition) is 5. The molecule has 0 bridgehead atoms. The van der Waals surface area contributed by atoms with E-state index in [2.05, 4.69) is 10.5 Å². The molecule has 0 aliphatic heterocycles. The van der Waals surface area contributed by atoms with E-state index in [1.54, 1.807) is 6.07 Å². The van der Waals surface area contributed by atoms with E-state index in [0.717, 1.165) is 30.8 Å². The molecular weight excluding hydrogens is 320 g/mol. The van der Waals surface area contributed by atoms with Crippen molar-refractivity contribution in [1.29, 1.82) is 0 Å². The van der Waals surface area contributed by atoms with Crippen molar-refractivity contribution < 1.29 is 18.8 Å². The van der Waals surface area contributed by atoms with Gasteiger partial charge in [-0.25, -0.2) is 0 Å². The van der Waals surface area contributed by atoms with Crippen LogP contribution in [0.3, 0.4) is 0 Å². The Kier molecular flexibility index (Phi) is 5.58. The highest BCUT2D eigenvalue weighted by Crippen LogP contribution is 2.31. The van der Waals surface area contributed by atoms with Crippen LogP contribution < -0.4 is 14.8 Å². The van der Waals surface area contributed by atoms with E-state index in [0.29, 0.717) is 18.1 Å². The number of benzene rings is 1. The van der Waals surface area contributed by atoms with Gasteiger partial charge in [0.25, 0.3) is 0 Å². The molecule has 0 saturated heterocycles. The number of aromatic nitrogens is 1. The summed E-state index contributed by atoms with van der Waals surface area (Å²) in [6.45, 7) is 4.34. The second-order valence-corrected chi connectivity index (χ2v) is 6.25. The Morgan fingerprint density at radius 3 is 2.84 bits per heavy atom. The maximum Gasteiger partial charge on any atom is 0.226 e. The van der Waals surface area contributed by atoms with Crippen LogP contribution in [0.5, 0.6) is 11.5 Å². The van der Waals surface area contributed by atoms with Crippen molar-refractivity contribution in [2.24, 2.45) is 0 Å². The van der Waals surface area contributed by atoms with Crippen molar-refractivity contribution in [2.75, 3.05) is 6.61 Å². The predicted octanol–water partition coefficient (Wildman–Crippen LogP) is 3.04. The third kappa shape index (κ3) is 4.53. The highest BCUT2D eigenvalue weighted by Gasteiger charge is 2.31. The van der Waals surface area contributed by atoms with Crippen LogP contribution in [0.4, 0.5) is 0 Å². The van der Waals surface area contributed by atoms with Crippen molar-refractivity contribution >= 4 is 5.91 Å². The largest absolute Gasteiger partial charge is 0.490 e. The molecule has 2 aromatic rings. The lowest BCUT2D eigenvalue weighted by atomic mass is 10.2. The van der Waals surface area contributed by atoms with Crippen LogP contribution in [0.15, 0.2) is 34.9 Å². The van der Waals surface area contributed by atoms with E-state index in [9.17, 15) is 4.79 Å². The maximum absolute atomic E-state index is 12.3. The number of nitrogens with one attached hydrogen (secondary N) is 1. The molecule has 6 nitrogen and oxygen atoms in total. The number of carbonyl (C=O) groups excluding carboxylic acids is 1. The molecule has 1 aromatic carbocycles. The van der Waals surface area contributed by atoms with Gasteiger partial charge in [0, 0.05) is 6.07 Å². The highest BCUT2D eigenvalue weighted by atomic mass is 16.5. The molecule has 0 radical (unpaired) electrons. The summed E-state index contributed by atoms with van der Waals surface area (Å²) < 4.78 is 16.8. The second-order valence-electron chi connectivity index (χ2n) is 6.25. The van der Waals surface area contributed by atoms with Crippen LogP contribution in [0.25, 0.3) is 0 Å². The predicted molar refractivity (Wildman–Crippen MR) is 92.8 cm³/mol. The lowest BCUT2D eigenvalue weighted by molar-refractivity contribution is -0.121.